The van der Waals surface area contributed by atoms with Crippen LogP contribution in [0.25, 0.3) is 5.69 Å². The number of aromatic nitrogens is 3. The number of carbonyl (C=O) groups excluding carboxylic acids is 1. The number of nitrogens with one attached hydrogen (secondary N) is 1. The van der Waals surface area contributed by atoms with E-state index >= 15 is 0 Å². The predicted molar refractivity (Wildman–Crippen MR) is 64.9 cm³/mol. The summed E-state index contributed by atoms with van der Waals surface area (Å²) in [4.78, 5) is 15.1. The van der Waals surface area contributed by atoms with E-state index in [0.29, 0.717) is 17.8 Å². The van der Waals surface area contributed by atoms with Crippen LogP contribution in [0.4, 0.5) is 10.1 Å². The minimum Gasteiger partial charge on any atom is -0.326 e. The van der Waals surface area contributed by atoms with E-state index in [9.17, 15) is 9.18 Å². The number of carbonyl (C=O) groups is 1. The van der Waals surface area contributed by atoms with Crippen molar-refractivity contribution in [1.82, 2.24) is 14.8 Å². The van der Waals surface area contributed by atoms with Crippen molar-refractivity contribution in [2.24, 2.45) is 0 Å². The highest BCUT2D eigenvalue weighted by molar-refractivity contribution is 5.90. The Hall–Kier alpha value is -2.24. The molecule has 0 bridgehead atoms. The average molecular weight is 248 g/mol. The van der Waals surface area contributed by atoms with Crippen LogP contribution in [0.3, 0.4) is 0 Å². The number of halogens is 1. The maximum atomic E-state index is 13.8. The van der Waals surface area contributed by atoms with Crippen molar-refractivity contribution in [3.05, 3.63) is 36.7 Å². The monoisotopic (exact) mass is 248 g/mol. The van der Waals surface area contributed by atoms with E-state index in [-0.39, 0.29) is 5.91 Å². The van der Waals surface area contributed by atoms with Crippen molar-refractivity contribution < 1.29 is 9.18 Å². The van der Waals surface area contributed by atoms with Crippen molar-refractivity contribution in [3.63, 3.8) is 0 Å². The first-order valence-corrected chi connectivity index (χ1v) is 5.65. The van der Waals surface area contributed by atoms with Crippen LogP contribution < -0.4 is 5.32 Å². The van der Waals surface area contributed by atoms with Gasteiger partial charge in [-0.3, -0.25) is 4.79 Å². The number of hydrogen-bond donors (Lipinski definition) is 1. The second kappa shape index (κ2) is 5.39. The fourth-order valence-electron chi connectivity index (χ4n) is 1.55. The lowest BCUT2D eigenvalue weighted by Crippen LogP contribution is -2.11. The van der Waals surface area contributed by atoms with Crippen LogP contribution in [0.15, 0.2) is 30.9 Å². The van der Waals surface area contributed by atoms with E-state index < -0.39 is 5.82 Å². The normalized spacial score (nSPS) is 10.3. The first-order valence-electron chi connectivity index (χ1n) is 5.65. The zero-order valence-electron chi connectivity index (χ0n) is 9.93. The first-order chi connectivity index (χ1) is 8.70. The Balaban J connectivity index is 2.18. The summed E-state index contributed by atoms with van der Waals surface area (Å²) in [5.74, 6) is -0.583. The molecule has 0 radical (unpaired) electrons. The molecule has 0 atom stereocenters. The van der Waals surface area contributed by atoms with Gasteiger partial charge in [0.25, 0.3) is 0 Å². The third-order valence-electron chi connectivity index (χ3n) is 2.37. The van der Waals surface area contributed by atoms with E-state index in [1.807, 2.05) is 6.92 Å². The molecule has 0 saturated carbocycles. The summed E-state index contributed by atoms with van der Waals surface area (Å²) < 4.78 is 15.1. The molecule has 0 aliphatic heterocycles. The molecule has 0 fully saturated rings. The second-order valence-corrected chi connectivity index (χ2v) is 3.80. The highest BCUT2D eigenvalue weighted by Gasteiger charge is 2.07. The van der Waals surface area contributed by atoms with Crippen LogP contribution in [-0.4, -0.2) is 20.7 Å². The second-order valence-electron chi connectivity index (χ2n) is 3.80. The molecule has 94 valence electrons. The molecule has 1 aromatic carbocycles. The van der Waals surface area contributed by atoms with Gasteiger partial charge in [0.2, 0.25) is 5.91 Å². The van der Waals surface area contributed by atoms with Gasteiger partial charge in [0.05, 0.1) is 0 Å². The van der Waals surface area contributed by atoms with Crippen molar-refractivity contribution in [2.75, 3.05) is 5.32 Å². The Morgan fingerprint density at radius 2 is 2.33 bits per heavy atom. The third kappa shape index (κ3) is 2.71. The van der Waals surface area contributed by atoms with Gasteiger partial charge in [0, 0.05) is 12.1 Å². The van der Waals surface area contributed by atoms with Gasteiger partial charge in [-0.15, -0.1) is 0 Å². The zero-order chi connectivity index (χ0) is 13.0. The van der Waals surface area contributed by atoms with E-state index in [1.54, 1.807) is 12.1 Å². The van der Waals surface area contributed by atoms with Crippen molar-refractivity contribution in [3.8, 4) is 5.69 Å². The highest BCUT2D eigenvalue weighted by Crippen LogP contribution is 2.17. The maximum Gasteiger partial charge on any atom is 0.224 e. The number of rotatable bonds is 4. The SMILES string of the molecule is CCCC(=O)Nc1ccc(-n2cncn2)c(F)c1. The van der Waals surface area contributed by atoms with Crippen LogP contribution in [0, 0.1) is 5.82 Å². The Morgan fingerprint density at radius 1 is 1.50 bits per heavy atom. The molecule has 6 heteroatoms. The molecule has 2 rings (SSSR count). The molecule has 0 saturated heterocycles. The fraction of sp³-hybridized carbons (Fsp3) is 0.250. The highest BCUT2D eigenvalue weighted by atomic mass is 19.1. The van der Waals surface area contributed by atoms with Gasteiger partial charge in [-0.25, -0.2) is 14.1 Å². The summed E-state index contributed by atoms with van der Waals surface area (Å²) in [5.41, 5.74) is 0.732. The van der Waals surface area contributed by atoms with Crippen LogP contribution >= 0.6 is 0 Å². The van der Waals surface area contributed by atoms with Gasteiger partial charge in [-0.05, 0) is 24.6 Å². The third-order valence-corrected chi connectivity index (χ3v) is 2.37. The molecule has 0 spiro atoms. The summed E-state index contributed by atoms with van der Waals surface area (Å²) in [5, 5.41) is 6.48. The number of benzene rings is 1. The van der Waals surface area contributed by atoms with Gasteiger partial charge in [-0.1, -0.05) is 6.92 Å². The number of anilines is 1. The molecular formula is C12H13FN4O. The number of amides is 1. The van der Waals surface area contributed by atoms with Crippen LogP contribution in [-0.2, 0) is 4.79 Å². The van der Waals surface area contributed by atoms with Crippen molar-refractivity contribution in [1.29, 1.82) is 0 Å². The van der Waals surface area contributed by atoms with Gasteiger partial charge in [-0.2, -0.15) is 5.10 Å². The minimum atomic E-state index is -0.463. The molecule has 0 aliphatic rings. The van der Waals surface area contributed by atoms with E-state index in [1.165, 1.54) is 23.4 Å². The molecule has 5 nitrogen and oxygen atoms in total. The predicted octanol–water partition coefficient (Wildman–Crippen LogP) is 2.14. The van der Waals surface area contributed by atoms with Crippen LogP contribution in [0.1, 0.15) is 19.8 Å². The fourth-order valence-corrected chi connectivity index (χ4v) is 1.55. The summed E-state index contributed by atoms with van der Waals surface area (Å²) in [6, 6.07) is 4.45. The Morgan fingerprint density at radius 3 is 2.94 bits per heavy atom. The van der Waals surface area contributed by atoms with Crippen LogP contribution in [0.2, 0.25) is 0 Å². The lowest BCUT2D eigenvalue weighted by molar-refractivity contribution is -0.116. The molecule has 18 heavy (non-hydrogen) atoms. The van der Waals surface area contributed by atoms with Gasteiger partial charge in [0.15, 0.2) is 5.82 Å². The number of nitrogens with zero attached hydrogens (tertiary/aromatic N) is 3. The van der Waals surface area contributed by atoms with Crippen molar-refractivity contribution >= 4 is 11.6 Å². The number of hydrogen-bond acceptors (Lipinski definition) is 3. The zero-order valence-corrected chi connectivity index (χ0v) is 9.93. The quantitative estimate of drug-likeness (QED) is 0.901. The summed E-state index contributed by atoms with van der Waals surface area (Å²) in [7, 11) is 0. The topological polar surface area (TPSA) is 59.8 Å². The van der Waals surface area contributed by atoms with Gasteiger partial charge in [0.1, 0.15) is 18.3 Å². The lowest BCUT2D eigenvalue weighted by atomic mass is 10.2. The van der Waals surface area contributed by atoms with Gasteiger partial charge < -0.3 is 5.32 Å². The average Bonchev–Trinajstić information content (AvgIpc) is 2.82. The maximum absolute atomic E-state index is 13.8. The largest absolute Gasteiger partial charge is 0.326 e. The molecular weight excluding hydrogens is 235 g/mol. The summed E-state index contributed by atoms with van der Waals surface area (Å²) in [6.45, 7) is 1.91. The Kier molecular flexibility index (Phi) is 3.66. The van der Waals surface area contributed by atoms with E-state index in [2.05, 4.69) is 15.4 Å². The molecule has 0 aliphatic carbocycles. The van der Waals surface area contributed by atoms with Crippen LogP contribution in [0.5, 0.6) is 0 Å². The van der Waals surface area contributed by atoms with E-state index in [0.717, 1.165) is 6.42 Å². The smallest absolute Gasteiger partial charge is 0.224 e. The Labute approximate surface area is 104 Å². The van der Waals surface area contributed by atoms with Crippen molar-refractivity contribution in [2.45, 2.75) is 19.8 Å². The minimum absolute atomic E-state index is 0.120. The molecule has 1 aromatic heterocycles. The summed E-state index contributed by atoms with van der Waals surface area (Å²) >= 11 is 0. The summed E-state index contributed by atoms with van der Waals surface area (Å²) in [6.07, 6.45) is 3.92. The first kappa shape index (κ1) is 12.2. The standard InChI is InChI=1S/C12H13FN4O/c1-2-3-12(18)16-9-4-5-11(10(13)6-9)17-8-14-7-15-17/h4-8H,2-3H2,1H3,(H,16,18). The molecule has 1 N–H and O–H groups in total. The molecule has 0 unspecified atom stereocenters. The van der Waals surface area contributed by atoms with Gasteiger partial charge >= 0.3 is 0 Å². The van der Waals surface area contributed by atoms with E-state index in [4.69, 9.17) is 0 Å². The lowest BCUT2D eigenvalue weighted by Gasteiger charge is -2.07. The Bertz CT molecular complexity index is 539. The molecule has 2 aromatic rings. The molecule has 1 amide bonds. The molecule has 1 heterocycles.